The quantitative estimate of drug-likeness (QED) is 0.829. The number of anilines is 1. The molecule has 1 heterocycles. The molecule has 1 aromatic carbocycles. The number of halogens is 3. The van der Waals surface area contributed by atoms with Crippen LogP contribution in [0.15, 0.2) is 30.9 Å². The molecule has 9 heteroatoms. The molecule has 0 saturated carbocycles. The Labute approximate surface area is 143 Å². The summed E-state index contributed by atoms with van der Waals surface area (Å²) in [6, 6.07) is 3.11. The van der Waals surface area contributed by atoms with E-state index >= 15 is 0 Å². The summed E-state index contributed by atoms with van der Waals surface area (Å²) in [6.45, 7) is 2.87. The van der Waals surface area contributed by atoms with Gasteiger partial charge in [0, 0.05) is 0 Å². The number of carbonyl (C=O) groups is 1. The van der Waals surface area contributed by atoms with Crippen LogP contribution in [0.4, 0.5) is 18.9 Å². The number of hydrogen-bond donors (Lipinski definition) is 1. The van der Waals surface area contributed by atoms with Crippen molar-refractivity contribution in [1.82, 2.24) is 19.7 Å². The van der Waals surface area contributed by atoms with Gasteiger partial charge in [-0.2, -0.15) is 18.3 Å². The van der Waals surface area contributed by atoms with Crippen molar-refractivity contribution < 1.29 is 18.0 Å². The van der Waals surface area contributed by atoms with Gasteiger partial charge in [0.2, 0.25) is 5.91 Å². The predicted octanol–water partition coefficient (Wildman–Crippen LogP) is 2.96. The van der Waals surface area contributed by atoms with Crippen molar-refractivity contribution in [1.29, 1.82) is 0 Å². The molecule has 0 unspecified atom stereocenters. The third-order valence-corrected chi connectivity index (χ3v) is 3.57. The molecule has 0 aliphatic rings. The Bertz CT molecular complexity index is 700. The topological polar surface area (TPSA) is 63.1 Å². The molecule has 2 rings (SSSR count). The van der Waals surface area contributed by atoms with Crippen molar-refractivity contribution in [3.05, 3.63) is 36.4 Å². The van der Waals surface area contributed by atoms with E-state index in [2.05, 4.69) is 15.4 Å². The number of carbonyl (C=O) groups excluding carboxylic acids is 1. The zero-order valence-corrected chi connectivity index (χ0v) is 14.0. The van der Waals surface area contributed by atoms with E-state index in [1.54, 1.807) is 7.05 Å². The first-order valence-corrected chi connectivity index (χ1v) is 7.86. The Morgan fingerprint density at radius 1 is 1.36 bits per heavy atom. The molecule has 0 aliphatic carbocycles. The van der Waals surface area contributed by atoms with Crippen molar-refractivity contribution in [2.75, 3.05) is 25.5 Å². The molecule has 1 aromatic heterocycles. The fourth-order valence-electron chi connectivity index (χ4n) is 2.29. The third-order valence-electron chi connectivity index (χ3n) is 3.57. The Kier molecular flexibility index (Phi) is 6.13. The smallest absolute Gasteiger partial charge is 0.323 e. The lowest BCUT2D eigenvalue weighted by Crippen LogP contribution is -2.31. The van der Waals surface area contributed by atoms with Crippen molar-refractivity contribution in [2.24, 2.45) is 0 Å². The zero-order valence-electron chi connectivity index (χ0n) is 14.0. The maximum Gasteiger partial charge on any atom is 0.416 e. The molecule has 1 N–H and O–H groups in total. The van der Waals surface area contributed by atoms with Gasteiger partial charge in [0.1, 0.15) is 12.7 Å². The highest BCUT2D eigenvalue weighted by molar-refractivity contribution is 5.94. The number of unbranched alkanes of at least 4 members (excludes halogenated alkanes) is 1. The lowest BCUT2D eigenvalue weighted by atomic mass is 10.1. The maximum atomic E-state index is 13.0. The number of benzene rings is 1. The molecule has 136 valence electrons. The van der Waals surface area contributed by atoms with Gasteiger partial charge in [-0.1, -0.05) is 13.3 Å². The van der Waals surface area contributed by atoms with E-state index in [0.29, 0.717) is 5.69 Å². The lowest BCUT2D eigenvalue weighted by molar-refractivity contribution is -0.137. The Morgan fingerprint density at radius 3 is 2.72 bits per heavy atom. The van der Waals surface area contributed by atoms with Gasteiger partial charge in [-0.25, -0.2) is 9.67 Å². The van der Waals surface area contributed by atoms with Gasteiger partial charge in [0.05, 0.1) is 23.5 Å². The zero-order chi connectivity index (χ0) is 18.4. The average molecular weight is 355 g/mol. The summed E-state index contributed by atoms with van der Waals surface area (Å²) < 4.78 is 40.2. The van der Waals surface area contributed by atoms with Crippen LogP contribution in [0.3, 0.4) is 0 Å². The third kappa shape index (κ3) is 5.28. The SMILES string of the molecule is CCCCN(C)CC(=O)Nc1cc(C(F)(F)F)ccc1-n1cncn1. The highest BCUT2D eigenvalue weighted by Crippen LogP contribution is 2.33. The maximum absolute atomic E-state index is 13.0. The van der Waals surface area contributed by atoms with E-state index in [-0.39, 0.29) is 18.1 Å². The number of amides is 1. The largest absolute Gasteiger partial charge is 0.416 e. The van der Waals surface area contributed by atoms with E-state index in [1.807, 2.05) is 11.8 Å². The summed E-state index contributed by atoms with van der Waals surface area (Å²) in [5.41, 5.74) is -0.490. The van der Waals surface area contributed by atoms with Crippen LogP contribution in [0, 0.1) is 0 Å². The van der Waals surface area contributed by atoms with Gasteiger partial charge >= 0.3 is 6.18 Å². The fourth-order valence-corrected chi connectivity index (χ4v) is 2.29. The molecule has 6 nitrogen and oxygen atoms in total. The number of alkyl halides is 3. The van der Waals surface area contributed by atoms with E-state index < -0.39 is 11.7 Å². The standard InChI is InChI=1S/C16H20F3N5O/c1-3-4-7-23(2)9-15(25)22-13-8-12(16(17,18)19)5-6-14(13)24-11-20-10-21-24/h5-6,8,10-11H,3-4,7,9H2,1-2H3,(H,22,25). The minimum atomic E-state index is -4.50. The minimum absolute atomic E-state index is 0.0363. The number of rotatable bonds is 7. The molecule has 0 atom stereocenters. The van der Waals surface area contributed by atoms with Crippen LogP contribution in [0.1, 0.15) is 25.3 Å². The van der Waals surface area contributed by atoms with Gasteiger partial charge in [0.15, 0.2) is 0 Å². The first-order chi connectivity index (χ1) is 11.8. The summed E-state index contributed by atoms with van der Waals surface area (Å²) in [6.07, 6.45) is 0.0549. The first-order valence-electron chi connectivity index (χ1n) is 7.86. The van der Waals surface area contributed by atoms with Crippen LogP contribution in [0.25, 0.3) is 5.69 Å². The van der Waals surface area contributed by atoms with Gasteiger partial charge in [-0.15, -0.1) is 0 Å². The van der Waals surface area contributed by atoms with Crippen LogP contribution >= 0.6 is 0 Å². The van der Waals surface area contributed by atoms with Crippen molar-refractivity contribution in [3.63, 3.8) is 0 Å². The highest BCUT2D eigenvalue weighted by atomic mass is 19.4. The van der Waals surface area contributed by atoms with Crippen LogP contribution in [-0.4, -0.2) is 45.7 Å². The first kappa shape index (κ1) is 18.9. The molecule has 0 saturated heterocycles. The Hall–Kier alpha value is -2.42. The molecule has 0 aliphatic heterocycles. The summed E-state index contributed by atoms with van der Waals surface area (Å²) in [5, 5.41) is 6.46. The average Bonchev–Trinajstić information content (AvgIpc) is 3.06. The second kappa shape index (κ2) is 8.11. The molecule has 0 radical (unpaired) electrons. The predicted molar refractivity (Wildman–Crippen MR) is 87.4 cm³/mol. The van der Waals surface area contributed by atoms with E-state index in [9.17, 15) is 18.0 Å². The number of aromatic nitrogens is 3. The van der Waals surface area contributed by atoms with Crippen LogP contribution in [0.5, 0.6) is 0 Å². The Balaban J connectivity index is 2.23. The molecular weight excluding hydrogens is 335 g/mol. The van der Waals surface area contributed by atoms with Gasteiger partial charge < -0.3 is 5.32 Å². The number of nitrogens with one attached hydrogen (secondary N) is 1. The van der Waals surface area contributed by atoms with Crippen LogP contribution in [-0.2, 0) is 11.0 Å². The van der Waals surface area contributed by atoms with Gasteiger partial charge in [0.25, 0.3) is 0 Å². The summed E-state index contributed by atoms with van der Waals surface area (Å²) in [5.74, 6) is -0.390. The fraction of sp³-hybridized carbons (Fsp3) is 0.438. The van der Waals surface area contributed by atoms with E-state index in [0.717, 1.165) is 31.5 Å². The highest BCUT2D eigenvalue weighted by Gasteiger charge is 2.31. The van der Waals surface area contributed by atoms with Crippen LogP contribution in [0.2, 0.25) is 0 Å². The van der Waals surface area contributed by atoms with Crippen molar-refractivity contribution in [3.8, 4) is 5.69 Å². The lowest BCUT2D eigenvalue weighted by Gasteiger charge is -2.18. The molecule has 25 heavy (non-hydrogen) atoms. The van der Waals surface area contributed by atoms with E-state index in [1.165, 1.54) is 23.4 Å². The van der Waals surface area contributed by atoms with Crippen LogP contribution < -0.4 is 5.32 Å². The number of hydrogen-bond acceptors (Lipinski definition) is 4. The summed E-state index contributed by atoms with van der Waals surface area (Å²) >= 11 is 0. The number of nitrogens with zero attached hydrogens (tertiary/aromatic N) is 4. The minimum Gasteiger partial charge on any atom is -0.323 e. The second-order valence-corrected chi connectivity index (χ2v) is 5.71. The summed E-state index contributed by atoms with van der Waals surface area (Å²) in [4.78, 5) is 17.8. The van der Waals surface area contributed by atoms with E-state index in [4.69, 9.17) is 0 Å². The normalized spacial score (nSPS) is 11.8. The molecule has 0 fully saturated rings. The number of likely N-dealkylation sites (N-methyl/N-ethyl adjacent to an activating group) is 1. The second-order valence-electron chi connectivity index (χ2n) is 5.71. The van der Waals surface area contributed by atoms with Gasteiger partial charge in [-0.3, -0.25) is 9.69 Å². The molecule has 0 spiro atoms. The molecule has 2 aromatic rings. The monoisotopic (exact) mass is 355 g/mol. The molecule has 1 amide bonds. The Morgan fingerprint density at radius 2 is 2.12 bits per heavy atom. The van der Waals surface area contributed by atoms with Crippen molar-refractivity contribution >= 4 is 11.6 Å². The van der Waals surface area contributed by atoms with Gasteiger partial charge in [-0.05, 0) is 38.2 Å². The molecular formula is C16H20F3N5O. The molecule has 0 bridgehead atoms. The summed E-state index contributed by atoms with van der Waals surface area (Å²) in [7, 11) is 1.79. The van der Waals surface area contributed by atoms with Crippen molar-refractivity contribution in [2.45, 2.75) is 25.9 Å².